The summed E-state index contributed by atoms with van der Waals surface area (Å²) in [6, 6.07) is 0. The minimum absolute atomic E-state index is 0.0510. The van der Waals surface area contributed by atoms with Crippen molar-refractivity contribution in [3.05, 3.63) is 16.1 Å². The third-order valence-electron chi connectivity index (χ3n) is 2.72. The highest BCUT2D eigenvalue weighted by Gasteiger charge is 2.32. The van der Waals surface area contributed by atoms with Gasteiger partial charge in [0, 0.05) is 11.9 Å². The Balaban J connectivity index is 1.90. The van der Waals surface area contributed by atoms with Crippen molar-refractivity contribution in [2.24, 2.45) is 11.8 Å². The predicted molar refractivity (Wildman–Crippen MR) is 58.7 cm³/mol. The molecule has 2 rings (SSSR count). The number of hydrogen-bond donors (Lipinski definition) is 2. The third-order valence-corrected chi connectivity index (χ3v) is 3.55. The smallest absolute Gasteiger partial charge is 0.365 e. The first-order valence-corrected chi connectivity index (χ1v) is 5.93. The van der Waals surface area contributed by atoms with Crippen LogP contribution in [0.1, 0.15) is 33.6 Å². The highest BCUT2D eigenvalue weighted by atomic mass is 32.1. The Morgan fingerprint density at radius 3 is 2.88 bits per heavy atom. The summed E-state index contributed by atoms with van der Waals surface area (Å²) < 4.78 is 0. The summed E-state index contributed by atoms with van der Waals surface area (Å²) in [7, 11) is 0. The van der Waals surface area contributed by atoms with Crippen LogP contribution in [0.5, 0.6) is 0 Å². The molecule has 1 saturated carbocycles. The van der Waals surface area contributed by atoms with Gasteiger partial charge in [0.1, 0.15) is 5.69 Å². The van der Waals surface area contributed by atoms with Gasteiger partial charge in [-0.1, -0.05) is 6.92 Å². The lowest BCUT2D eigenvalue weighted by molar-refractivity contribution is 0.0696. The Hall–Kier alpha value is -1.43. The van der Waals surface area contributed by atoms with Gasteiger partial charge in [-0.2, -0.15) is 0 Å². The molecule has 2 unspecified atom stereocenters. The molecule has 0 radical (unpaired) electrons. The summed E-state index contributed by atoms with van der Waals surface area (Å²) in [6.45, 7) is 2.79. The highest BCUT2D eigenvalue weighted by Crippen LogP contribution is 2.36. The molecule has 1 aromatic rings. The second-order valence-corrected chi connectivity index (χ2v) is 4.88. The van der Waals surface area contributed by atoms with Gasteiger partial charge < -0.3 is 10.4 Å². The number of rotatable bonds is 4. The number of aromatic nitrogens is 1. The van der Waals surface area contributed by atoms with E-state index in [9.17, 15) is 9.59 Å². The maximum Gasteiger partial charge on any atom is 0.365 e. The van der Waals surface area contributed by atoms with Gasteiger partial charge in [0.2, 0.25) is 5.01 Å². The van der Waals surface area contributed by atoms with Crippen LogP contribution < -0.4 is 5.32 Å². The van der Waals surface area contributed by atoms with Gasteiger partial charge in [0.05, 0.1) is 0 Å². The van der Waals surface area contributed by atoms with Crippen LogP contribution in [0.15, 0.2) is 5.38 Å². The molecule has 1 fully saturated rings. The molecule has 1 aromatic heterocycles. The summed E-state index contributed by atoms with van der Waals surface area (Å²) in [5.74, 6) is -0.130. The van der Waals surface area contributed by atoms with E-state index in [1.807, 2.05) is 0 Å². The van der Waals surface area contributed by atoms with Crippen molar-refractivity contribution in [3.63, 3.8) is 0 Å². The molecular weight excluding hydrogens is 228 g/mol. The van der Waals surface area contributed by atoms with E-state index < -0.39 is 5.97 Å². The number of aromatic carboxylic acids is 1. The van der Waals surface area contributed by atoms with Gasteiger partial charge in [-0.05, 0) is 18.3 Å². The maximum absolute atomic E-state index is 11.6. The monoisotopic (exact) mass is 240 g/mol. The Kier molecular flexibility index (Phi) is 2.91. The van der Waals surface area contributed by atoms with Gasteiger partial charge in [-0.3, -0.25) is 4.79 Å². The van der Waals surface area contributed by atoms with Crippen LogP contribution in [0, 0.1) is 11.8 Å². The van der Waals surface area contributed by atoms with E-state index >= 15 is 0 Å². The molecule has 86 valence electrons. The van der Waals surface area contributed by atoms with Gasteiger partial charge >= 0.3 is 5.97 Å². The first-order chi connectivity index (χ1) is 7.58. The number of carboxylic acids is 1. The molecule has 0 spiro atoms. The fraction of sp³-hybridized carbons (Fsp3) is 0.500. The number of hydrogen-bond acceptors (Lipinski definition) is 4. The SMILES string of the molecule is CC1CC1CNC(=O)c1csc(C(=O)O)n1. The van der Waals surface area contributed by atoms with Crippen molar-refractivity contribution >= 4 is 23.2 Å². The largest absolute Gasteiger partial charge is 0.476 e. The Bertz CT molecular complexity index is 429. The van der Waals surface area contributed by atoms with E-state index in [4.69, 9.17) is 5.11 Å². The quantitative estimate of drug-likeness (QED) is 0.829. The number of carbonyl (C=O) groups is 2. The summed E-state index contributed by atoms with van der Waals surface area (Å²) in [6.07, 6.45) is 1.15. The van der Waals surface area contributed by atoms with Crippen molar-refractivity contribution in [2.45, 2.75) is 13.3 Å². The molecule has 6 heteroatoms. The fourth-order valence-electron chi connectivity index (χ4n) is 1.47. The van der Waals surface area contributed by atoms with Crippen LogP contribution in [0.25, 0.3) is 0 Å². The van der Waals surface area contributed by atoms with Crippen molar-refractivity contribution in [1.82, 2.24) is 10.3 Å². The molecule has 2 N–H and O–H groups in total. The molecule has 0 aliphatic heterocycles. The average molecular weight is 240 g/mol. The first kappa shape index (κ1) is 11.1. The highest BCUT2D eigenvalue weighted by molar-refractivity contribution is 7.11. The van der Waals surface area contributed by atoms with Gasteiger partial charge in [0.15, 0.2) is 0 Å². The number of carbonyl (C=O) groups excluding carboxylic acids is 1. The molecule has 0 bridgehead atoms. The zero-order valence-electron chi connectivity index (χ0n) is 8.77. The van der Waals surface area contributed by atoms with E-state index in [2.05, 4.69) is 17.2 Å². The van der Waals surface area contributed by atoms with Gasteiger partial charge in [0.25, 0.3) is 5.91 Å². The Morgan fingerprint density at radius 1 is 1.69 bits per heavy atom. The third kappa shape index (κ3) is 2.38. The van der Waals surface area contributed by atoms with Crippen LogP contribution >= 0.6 is 11.3 Å². The average Bonchev–Trinajstić information content (AvgIpc) is 2.78. The number of nitrogens with one attached hydrogen (secondary N) is 1. The molecule has 1 amide bonds. The minimum atomic E-state index is -1.10. The molecule has 2 atom stereocenters. The molecule has 1 aliphatic rings. The summed E-state index contributed by atoms with van der Waals surface area (Å²) in [4.78, 5) is 25.9. The fourth-order valence-corrected chi connectivity index (χ4v) is 2.11. The molecule has 5 nitrogen and oxygen atoms in total. The minimum Gasteiger partial charge on any atom is -0.476 e. The zero-order chi connectivity index (χ0) is 11.7. The summed E-state index contributed by atoms with van der Waals surface area (Å²) in [5.41, 5.74) is 0.190. The number of nitrogens with zero attached hydrogens (tertiary/aromatic N) is 1. The summed E-state index contributed by atoms with van der Waals surface area (Å²) in [5, 5.41) is 12.8. The molecule has 16 heavy (non-hydrogen) atoms. The molecular formula is C10H12N2O3S. The van der Waals surface area contributed by atoms with E-state index in [0.717, 1.165) is 17.8 Å². The van der Waals surface area contributed by atoms with Crippen LogP contribution in [0.3, 0.4) is 0 Å². The number of amides is 1. The van der Waals surface area contributed by atoms with Gasteiger partial charge in [-0.15, -0.1) is 11.3 Å². The van der Waals surface area contributed by atoms with Crippen molar-refractivity contribution in [3.8, 4) is 0 Å². The number of thiazole rings is 1. The second-order valence-electron chi connectivity index (χ2n) is 4.03. The van der Waals surface area contributed by atoms with Crippen LogP contribution in [-0.4, -0.2) is 28.5 Å². The first-order valence-electron chi connectivity index (χ1n) is 5.05. The van der Waals surface area contributed by atoms with E-state index in [-0.39, 0.29) is 16.6 Å². The lowest BCUT2D eigenvalue weighted by atomic mass is 10.3. The number of carboxylic acid groups (broad SMARTS) is 1. The molecule has 1 aliphatic carbocycles. The molecule has 0 aromatic carbocycles. The van der Waals surface area contributed by atoms with Crippen LogP contribution in [0.2, 0.25) is 0 Å². The van der Waals surface area contributed by atoms with Crippen molar-refractivity contribution < 1.29 is 14.7 Å². The second kappa shape index (κ2) is 4.21. The topological polar surface area (TPSA) is 79.3 Å². The van der Waals surface area contributed by atoms with Crippen molar-refractivity contribution in [1.29, 1.82) is 0 Å². The standard InChI is InChI=1S/C10H12N2O3S/c1-5-2-6(5)3-11-8(13)7-4-16-9(12-7)10(14)15/h4-6H,2-3H2,1H3,(H,11,13)(H,14,15). The van der Waals surface area contributed by atoms with Crippen molar-refractivity contribution in [2.75, 3.05) is 6.54 Å². The lowest BCUT2D eigenvalue weighted by Crippen LogP contribution is -2.26. The molecule has 1 heterocycles. The normalized spacial score (nSPS) is 22.8. The van der Waals surface area contributed by atoms with Crippen LogP contribution in [-0.2, 0) is 0 Å². The Morgan fingerprint density at radius 2 is 2.38 bits per heavy atom. The van der Waals surface area contributed by atoms with E-state index in [0.29, 0.717) is 18.4 Å². The predicted octanol–water partition coefficient (Wildman–Crippen LogP) is 1.23. The van der Waals surface area contributed by atoms with Gasteiger partial charge in [-0.25, -0.2) is 9.78 Å². The molecule has 0 saturated heterocycles. The lowest BCUT2D eigenvalue weighted by Gasteiger charge is -2.00. The maximum atomic E-state index is 11.6. The Labute approximate surface area is 96.5 Å². The van der Waals surface area contributed by atoms with E-state index in [1.165, 1.54) is 5.38 Å². The zero-order valence-corrected chi connectivity index (χ0v) is 9.58. The summed E-state index contributed by atoms with van der Waals surface area (Å²) >= 11 is 0.965. The van der Waals surface area contributed by atoms with Crippen LogP contribution in [0.4, 0.5) is 0 Å². The van der Waals surface area contributed by atoms with E-state index in [1.54, 1.807) is 0 Å².